The van der Waals surface area contributed by atoms with Crippen molar-refractivity contribution < 1.29 is 9.21 Å². The van der Waals surface area contributed by atoms with Gasteiger partial charge in [-0.3, -0.25) is 9.69 Å². The summed E-state index contributed by atoms with van der Waals surface area (Å²) < 4.78 is 5.38. The Hall–Kier alpha value is -1.09. The van der Waals surface area contributed by atoms with Gasteiger partial charge >= 0.3 is 0 Å². The normalized spacial score (nSPS) is 21.2. The minimum atomic E-state index is 0.238. The predicted molar refractivity (Wildman–Crippen MR) is 71.2 cm³/mol. The van der Waals surface area contributed by atoms with Crippen LogP contribution in [0.1, 0.15) is 44.8 Å². The molecule has 0 aromatic carbocycles. The van der Waals surface area contributed by atoms with E-state index >= 15 is 0 Å². The molecule has 1 unspecified atom stereocenters. The van der Waals surface area contributed by atoms with E-state index < -0.39 is 0 Å². The first-order valence-electron chi connectivity index (χ1n) is 7.07. The lowest BCUT2D eigenvalue weighted by atomic mass is 9.98. The van der Waals surface area contributed by atoms with Gasteiger partial charge in [-0.15, -0.1) is 0 Å². The summed E-state index contributed by atoms with van der Waals surface area (Å²) in [6.07, 6.45) is 7.05. The summed E-state index contributed by atoms with van der Waals surface area (Å²) in [5.41, 5.74) is 0. The summed E-state index contributed by atoms with van der Waals surface area (Å²) in [6.45, 7) is 4.80. The Morgan fingerprint density at radius 2 is 2.28 bits per heavy atom. The van der Waals surface area contributed by atoms with Gasteiger partial charge in [0, 0.05) is 18.9 Å². The van der Waals surface area contributed by atoms with Gasteiger partial charge in [-0.1, -0.05) is 19.8 Å². The Bertz CT molecular complexity index is 359. The lowest BCUT2D eigenvalue weighted by Gasteiger charge is -2.24. The molecule has 1 heterocycles. The van der Waals surface area contributed by atoms with Crippen LogP contribution in [-0.2, 0) is 11.3 Å². The quantitative estimate of drug-likeness (QED) is 0.751. The SMILES string of the molecule is CCN(Cc1ccco1)CC1CCCCCC1=O. The van der Waals surface area contributed by atoms with Crippen molar-refractivity contribution in [2.24, 2.45) is 5.92 Å². The molecule has 1 aliphatic carbocycles. The summed E-state index contributed by atoms with van der Waals surface area (Å²) in [4.78, 5) is 14.3. The van der Waals surface area contributed by atoms with E-state index in [9.17, 15) is 4.79 Å². The van der Waals surface area contributed by atoms with Crippen molar-refractivity contribution in [3.8, 4) is 0 Å². The van der Waals surface area contributed by atoms with Gasteiger partial charge in [0.2, 0.25) is 0 Å². The van der Waals surface area contributed by atoms with E-state index in [-0.39, 0.29) is 5.92 Å². The number of rotatable bonds is 5. The van der Waals surface area contributed by atoms with Crippen molar-refractivity contribution in [1.82, 2.24) is 4.90 Å². The highest BCUT2D eigenvalue weighted by Gasteiger charge is 2.23. The predicted octanol–water partition coefficient (Wildman–Crippen LogP) is 3.25. The van der Waals surface area contributed by atoms with Gasteiger partial charge in [-0.05, 0) is 31.5 Å². The molecule has 0 bridgehead atoms. The van der Waals surface area contributed by atoms with E-state index in [0.717, 1.165) is 44.7 Å². The van der Waals surface area contributed by atoms with Gasteiger partial charge < -0.3 is 4.42 Å². The van der Waals surface area contributed by atoms with E-state index in [4.69, 9.17) is 4.42 Å². The largest absolute Gasteiger partial charge is 0.468 e. The summed E-state index contributed by atoms with van der Waals surface area (Å²) in [7, 11) is 0. The smallest absolute Gasteiger partial charge is 0.137 e. The molecule has 0 radical (unpaired) electrons. The average molecular weight is 249 g/mol. The maximum Gasteiger partial charge on any atom is 0.137 e. The molecule has 3 heteroatoms. The first kappa shape index (κ1) is 13.3. The van der Waals surface area contributed by atoms with Crippen LogP contribution in [0.4, 0.5) is 0 Å². The van der Waals surface area contributed by atoms with Crippen LogP contribution in [0.2, 0.25) is 0 Å². The van der Waals surface area contributed by atoms with E-state index in [1.165, 1.54) is 12.8 Å². The van der Waals surface area contributed by atoms with Gasteiger partial charge in [-0.2, -0.15) is 0 Å². The molecule has 1 saturated carbocycles. The molecule has 2 rings (SSSR count). The first-order valence-corrected chi connectivity index (χ1v) is 7.07. The van der Waals surface area contributed by atoms with Crippen LogP contribution in [0.5, 0.6) is 0 Å². The van der Waals surface area contributed by atoms with Gasteiger partial charge in [0.25, 0.3) is 0 Å². The zero-order chi connectivity index (χ0) is 12.8. The molecule has 0 N–H and O–H groups in total. The third-order valence-electron chi connectivity index (χ3n) is 3.82. The molecule has 1 aromatic heterocycles. The fourth-order valence-corrected chi connectivity index (χ4v) is 2.67. The number of carbonyl (C=O) groups is 1. The molecule has 0 spiro atoms. The lowest BCUT2D eigenvalue weighted by Crippen LogP contribution is -2.32. The third-order valence-corrected chi connectivity index (χ3v) is 3.82. The second-order valence-corrected chi connectivity index (χ2v) is 5.17. The molecule has 1 aromatic rings. The molecule has 0 aliphatic heterocycles. The number of hydrogen-bond acceptors (Lipinski definition) is 3. The minimum Gasteiger partial charge on any atom is -0.468 e. The zero-order valence-corrected chi connectivity index (χ0v) is 11.2. The van der Waals surface area contributed by atoms with Crippen LogP contribution in [-0.4, -0.2) is 23.8 Å². The molecule has 0 amide bonds. The number of nitrogens with zero attached hydrogens (tertiary/aromatic N) is 1. The van der Waals surface area contributed by atoms with Crippen molar-refractivity contribution in [2.75, 3.05) is 13.1 Å². The van der Waals surface area contributed by atoms with Crippen molar-refractivity contribution >= 4 is 5.78 Å². The van der Waals surface area contributed by atoms with Crippen LogP contribution >= 0.6 is 0 Å². The monoisotopic (exact) mass is 249 g/mol. The molecular formula is C15H23NO2. The van der Waals surface area contributed by atoms with Crippen molar-refractivity contribution in [3.63, 3.8) is 0 Å². The summed E-state index contributed by atoms with van der Waals surface area (Å²) in [6, 6.07) is 3.91. The standard InChI is InChI=1S/C15H23NO2/c1-2-16(12-14-8-6-10-18-14)11-13-7-4-3-5-9-15(13)17/h6,8,10,13H,2-5,7,9,11-12H2,1H3. The molecule has 100 valence electrons. The third kappa shape index (κ3) is 3.70. The van der Waals surface area contributed by atoms with Crippen molar-refractivity contribution in [2.45, 2.75) is 45.6 Å². The Morgan fingerprint density at radius 3 is 3.00 bits per heavy atom. The van der Waals surface area contributed by atoms with Gasteiger partial charge in [0.05, 0.1) is 12.8 Å². The van der Waals surface area contributed by atoms with Gasteiger partial charge in [0.1, 0.15) is 11.5 Å². The fraction of sp³-hybridized carbons (Fsp3) is 0.667. The molecule has 0 saturated heterocycles. The highest BCUT2D eigenvalue weighted by atomic mass is 16.3. The number of furan rings is 1. The molecular weight excluding hydrogens is 226 g/mol. The summed E-state index contributed by atoms with van der Waals surface area (Å²) in [5.74, 6) is 1.69. The summed E-state index contributed by atoms with van der Waals surface area (Å²) in [5, 5.41) is 0. The fourth-order valence-electron chi connectivity index (χ4n) is 2.67. The molecule has 1 aliphatic rings. The minimum absolute atomic E-state index is 0.238. The van der Waals surface area contributed by atoms with Crippen LogP contribution in [0, 0.1) is 5.92 Å². The van der Waals surface area contributed by atoms with Crippen molar-refractivity contribution in [1.29, 1.82) is 0 Å². The van der Waals surface area contributed by atoms with Crippen LogP contribution in [0.25, 0.3) is 0 Å². The Labute approximate surface area is 109 Å². The maximum atomic E-state index is 12.0. The van der Waals surface area contributed by atoms with Crippen LogP contribution < -0.4 is 0 Å². The zero-order valence-electron chi connectivity index (χ0n) is 11.2. The molecule has 1 fully saturated rings. The van der Waals surface area contributed by atoms with Gasteiger partial charge in [0.15, 0.2) is 0 Å². The number of hydrogen-bond donors (Lipinski definition) is 0. The second kappa shape index (κ2) is 6.74. The second-order valence-electron chi connectivity index (χ2n) is 5.17. The maximum absolute atomic E-state index is 12.0. The van der Waals surface area contributed by atoms with E-state index in [1.807, 2.05) is 12.1 Å². The molecule has 18 heavy (non-hydrogen) atoms. The topological polar surface area (TPSA) is 33.5 Å². The highest BCUT2D eigenvalue weighted by molar-refractivity contribution is 5.81. The van der Waals surface area contributed by atoms with Gasteiger partial charge in [-0.25, -0.2) is 0 Å². The number of ketones is 1. The van der Waals surface area contributed by atoms with Crippen molar-refractivity contribution in [3.05, 3.63) is 24.2 Å². The van der Waals surface area contributed by atoms with E-state index in [1.54, 1.807) is 6.26 Å². The Balaban J connectivity index is 1.90. The average Bonchev–Trinajstić information content (AvgIpc) is 2.80. The molecule has 1 atom stereocenters. The van der Waals surface area contributed by atoms with Crippen LogP contribution in [0.15, 0.2) is 22.8 Å². The summed E-state index contributed by atoms with van der Waals surface area (Å²) >= 11 is 0. The number of Topliss-reactive ketones (excluding diaryl/α,β-unsaturated/α-hetero) is 1. The number of carbonyl (C=O) groups excluding carboxylic acids is 1. The van der Waals surface area contributed by atoms with E-state index in [2.05, 4.69) is 11.8 Å². The first-order chi connectivity index (χ1) is 8.79. The van der Waals surface area contributed by atoms with Crippen LogP contribution in [0.3, 0.4) is 0 Å². The van der Waals surface area contributed by atoms with E-state index in [0.29, 0.717) is 5.78 Å². The Kier molecular flexibility index (Phi) is 5.00. The Morgan fingerprint density at radius 1 is 1.39 bits per heavy atom. The highest BCUT2D eigenvalue weighted by Crippen LogP contribution is 2.21. The molecule has 3 nitrogen and oxygen atoms in total. The lowest BCUT2D eigenvalue weighted by molar-refractivity contribution is -0.123.